The number of ether oxygens (including phenoxy) is 2. The van der Waals surface area contributed by atoms with Gasteiger partial charge in [-0.25, -0.2) is 13.0 Å². The summed E-state index contributed by atoms with van der Waals surface area (Å²) in [5.74, 6) is -0.282. The van der Waals surface area contributed by atoms with E-state index in [1.54, 1.807) is 42.2 Å². The molecule has 2 aliphatic carbocycles. The number of hydrogen-bond donors (Lipinski definition) is 5. The average Bonchev–Trinajstić information content (AvgIpc) is 3.89. The Morgan fingerprint density at radius 3 is 2.64 bits per heavy atom. The van der Waals surface area contributed by atoms with Crippen molar-refractivity contribution in [1.29, 1.82) is 0 Å². The van der Waals surface area contributed by atoms with Crippen LogP contribution in [0.2, 0.25) is 0 Å². The summed E-state index contributed by atoms with van der Waals surface area (Å²) in [6.07, 6.45) is 0.599. The number of carbonyl (C=O) groups is 1. The lowest BCUT2D eigenvalue weighted by molar-refractivity contribution is -0.148. The van der Waals surface area contributed by atoms with E-state index in [1.807, 2.05) is 0 Å². The molecule has 246 valence electrons. The number of nitrogens with one attached hydrogen (secondary N) is 3. The van der Waals surface area contributed by atoms with Crippen LogP contribution in [0.3, 0.4) is 0 Å². The molecule has 0 amide bonds. The Bertz CT molecular complexity index is 1590. The van der Waals surface area contributed by atoms with Crippen LogP contribution in [0.4, 0.5) is 23.3 Å². The SMILES string of the molecule is C[C@@H]1C(N2CNc3c(N(C)NS(C)(=O)=O)nc(N)nc32)OC(COP(=O)(NC2(C(=O)OC3CC3)CC2)Oc2ccccc2)[C@H]1O. The Balaban J connectivity index is 1.18. The fraction of sp³-hybridized carbons (Fsp3) is 0.577. The van der Waals surface area contributed by atoms with Gasteiger partial charge in [0.15, 0.2) is 11.6 Å². The molecule has 2 saturated carbocycles. The molecule has 45 heavy (non-hydrogen) atoms. The van der Waals surface area contributed by atoms with Gasteiger partial charge in [0.05, 0.1) is 25.6 Å². The van der Waals surface area contributed by atoms with E-state index in [4.69, 9.17) is 24.3 Å². The summed E-state index contributed by atoms with van der Waals surface area (Å²) in [6, 6.07) is 8.42. The van der Waals surface area contributed by atoms with E-state index < -0.39 is 53.6 Å². The third kappa shape index (κ3) is 6.96. The molecule has 0 spiro atoms. The Labute approximate surface area is 260 Å². The fourth-order valence-electron chi connectivity index (χ4n) is 5.26. The van der Waals surface area contributed by atoms with Gasteiger partial charge in [0.1, 0.15) is 35.4 Å². The summed E-state index contributed by atoms with van der Waals surface area (Å²) >= 11 is 0. The summed E-state index contributed by atoms with van der Waals surface area (Å²) in [5, 5.41) is 18.3. The normalized spacial score (nSPS) is 26.4. The van der Waals surface area contributed by atoms with E-state index in [1.165, 1.54) is 12.1 Å². The number of aromatic nitrogens is 2. The number of aliphatic hydroxyl groups excluding tert-OH is 1. The molecule has 6 rings (SSSR count). The second-order valence-electron chi connectivity index (χ2n) is 11.7. The minimum absolute atomic E-state index is 0.107. The molecule has 3 fully saturated rings. The van der Waals surface area contributed by atoms with Crippen molar-refractivity contribution >= 4 is 47.0 Å². The third-order valence-electron chi connectivity index (χ3n) is 7.86. The molecule has 2 aliphatic heterocycles. The number of esters is 1. The molecule has 1 saturated heterocycles. The zero-order valence-corrected chi connectivity index (χ0v) is 26.7. The molecule has 0 radical (unpaired) electrons. The minimum atomic E-state index is -4.18. The molecule has 4 aliphatic rings. The molecule has 2 aromatic rings. The van der Waals surface area contributed by atoms with Gasteiger partial charge in [0, 0.05) is 13.0 Å². The van der Waals surface area contributed by atoms with Gasteiger partial charge in [-0.05, 0) is 37.8 Å². The van der Waals surface area contributed by atoms with Crippen molar-refractivity contribution in [3.63, 3.8) is 0 Å². The number of fused-ring (bicyclic) bond motifs is 1. The van der Waals surface area contributed by atoms with Gasteiger partial charge in [0.2, 0.25) is 16.0 Å². The van der Waals surface area contributed by atoms with Crippen molar-refractivity contribution in [3.8, 4) is 5.75 Å². The van der Waals surface area contributed by atoms with Crippen LogP contribution in [0.5, 0.6) is 5.75 Å². The Morgan fingerprint density at radius 1 is 1.29 bits per heavy atom. The topological polar surface area (TPSA) is 220 Å². The van der Waals surface area contributed by atoms with E-state index in [2.05, 4.69) is 25.2 Å². The lowest BCUT2D eigenvalue weighted by Gasteiger charge is -2.28. The highest BCUT2D eigenvalue weighted by Crippen LogP contribution is 2.53. The molecule has 1 aromatic carbocycles. The highest BCUT2D eigenvalue weighted by Gasteiger charge is 2.58. The Hall–Kier alpha value is -3.25. The van der Waals surface area contributed by atoms with Crippen molar-refractivity contribution in [1.82, 2.24) is 19.9 Å². The number of anilines is 4. The highest BCUT2D eigenvalue weighted by molar-refractivity contribution is 7.88. The predicted octanol–water partition coefficient (Wildman–Crippen LogP) is 0.902. The van der Waals surface area contributed by atoms with Crippen LogP contribution in [0.25, 0.3) is 0 Å². The number of aliphatic hydroxyl groups is 1. The highest BCUT2D eigenvalue weighted by atomic mass is 32.2. The number of sulfonamides is 1. The largest absolute Gasteiger partial charge is 0.461 e. The number of carbonyl (C=O) groups excluding carboxylic acids is 1. The quantitative estimate of drug-likeness (QED) is 0.114. The van der Waals surface area contributed by atoms with Crippen LogP contribution in [0.1, 0.15) is 32.6 Å². The van der Waals surface area contributed by atoms with Crippen molar-refractivity contribution in [2.45, 2.75) is 62.7 Å². The summed E-state index contributed by atoms with van der Waals surface area (Å²) < 4.78 is 61.1. The fourth-order valence-corrected chi connectivity index (χ4v) is 7.59. The molecular weight excluding hydrogens is 631 g/mol. The zero-order chi connectivity index (χ0) is 32.1. The standard InChI is InChI=1S/C26H37N8O9PS/c1-15-20(35)18(42-23(15)34-14-28-19-21(29-25(27)30-22(19)34)33(2)32-45(3,38)39)13-40-44(37,43-17-7-5-4-6-8-17)31-26(11-12-26)24(36)41-16-9-10-16/h4-8,15-16,18,20,23,28,32,35H,9-14H2,1-3H3,(H,31,37)(H2,27,29,30)/t15-,18?,20-,23?,44?/m0/s1. The van der Waals surface area contributed by atoms with Crippen LogP contribution >= 0.6 is 7.75 Å². The number of nitrogen functional groups attached to an aromatic ring is 1. The van der Waals surface area contributed by atoms with Gasteiger partial charge in [0.25, 0.3) is 0 Å². The number of rotatable bonds is 13. The van der Waals surface area contributed by atoms with E-state index in [0.717, 1.165) is 19.1 Å². The molecule has 17 nitrogen and oxygen atoms in total. The van der Waals surface area contributed by atoms with Crippen molar-refractivity contribution in [2.24, 2.45) is 5.92 Å². The molecule has 3 unspecified atom stereocenters. The zero-order valence-electron chi connectivity index (χ0n) is 25.0. The monoisotopic (exact) mass is 668 g/mol. The predicted molar refractivity (Wildman–Crippen MR) is 162 cm³/mol. The molecule has 6 N–H and O–H groups in total. The van der Waals surface area contributed by atoms with E-state index in [0.29, 0.717) is 24.3 Å². The smallest absolute Gasteiger partial charge is 0.459 e. The van der Waals surface area contributed by atoms with E-state index >= 15 is 0 Å². The van der Waals surface area contributed by atoms with E-state index in [9.17, 15) is 22.9 Å². The van der Waals surface area contributed by atoms with Gasteiger partial charge in [-0.1, -0.05) is 25.1 Å². The van der Waals surface area contributed by atoms with E-state index in [-0.39, 0.29) is 36.9 Å². The molecule has 0 bridgehead atoms. The van der Waals surface area contributed by atoms with Crippen LogP contribution < -0.4 is 35.4 Å². The van der Waals surface area contributed by atoms with Gasteiger partial charge in [-0.2, -0.15) is 15.1 Å². The number of nitrogens with zero attached hydrogens (tertiary/aromatic N) is 4. The number of para-hydroxylation sites is 1. The lowest BCUT2D eigenvalue weighted by atomic mass is 10.0. The first-order valence-corrected chi connectivity index (χ1v) is 17.9. The molecule has 19 heteroatoms. The van der Waals surface area contributed by atoms with Crippen LogP contribution in [0, 0.1) is 5.92 Å². The number of benzene rings is 1. The second-order valence-corrected chi connectivity index (χ2v) is 15.1. The average molecular weight is 669 g/mol. The third-order valence-corrected chi connectivity index (χ3v) is 10.1. The first-order chi connectivity index (χ1) is 21.3. The van der Waals surface area contributed by atoms with Crippen molar-refractivity contribution in [3.05, 3.63) is 30.3 Å². The summed E-state index contributed by atoms with van der Waals surface area (Å²) in [6.45, 7) is 1.63. The van der Waals surface area contributed by atoms with Crippen LogP contribution in [0.15, 0.2) is 30.3 Å². The Kier molecular flexibility index (Phi) is 8.34. The summed E-state index contributed by atoms with van der Waals surface area (Å²) in [5.41, 5.74) is 5.20. The maximum absolute atomic E-state index is 14.1. The molecule has 1 aromatic heterocycles. The molecule has 5 atom stereocenters. The molecular formula is C26H37N8O9PS. The van der Waals surface area contributed by atoms with Crippen molar-refractivity contribution in [2.75, 3.05) is 47.5 Å². The lowest BCUT2D eigenvalue weighted by Crippen LogP contribution is -2.41. The number of hydrogen-bond acceptors (Lipinski definition) is 15. The van der Waals surface area contributed by atoms with Gasteiger partial charge >= 0.3 is 13.7 Å². The van der Waals surface area contributed by atoms with Gasteiger partial charge in [-0.15, -0.1) is 4.83 Å². The van der Waals surface area contributed by atoms with Crippen LogP contribution in [-0.4, -0.2) is 86.1 Å². The number of hydrazine groups is 1. The number of nitrogens with two attached hydrogens (primary N) is 1. The maximum atomic E-state index is 14.1. The Morgan fingerprint density at radius 2 is 2.00 bits per heavy atom. The second kappa shape index (κ2) is 11.8. The first kappa shape index (κ1) is 31.7. The van der Waals surface area contributed by atoms with Gasteiger partial charge < -0.3 is 35.1 Å². The minimum Gasteiger partial charge on any atom is -0.461 e. The van der Waals surface area contributed by atoms with Gasteiger partial charge in [-0.3, -0.25) is 14.3 Å². The summed E-state index contributed by atoms with van der Waals surface area (Å²) in [4.78, 5) is 25.4. The molecule has 3 heterocycles. The maximum Gasteiger partial charge on any atom is 0.459 e. The first-order valence-electron chi connectivity index (χ1n) is 14.5. The van der Waals surface area contributed by atoms with Crippen molar-refractivity contribution < 1.29 is 41.4 Å². The summed E-state index contributed by atoms with van der Waals surface area (Å²) in [7, 11) is -6.32. The van der Waals surface area contributed by atoms with Crippen LogP contribution in [-0.2, 0) is 33.4 Å².